The highest BCUT2D eigenvalue weighted by Gasteiger charge is 2.14. The van der Waals surface area contributed by atoms with Crippen LogP contribution in [0.2, 0.25) is 5.02 Å². The number of hydrogen-bond donors (Lipinski definition) is 4. The summed E-state index contributed by atoms with van der Waals surface area (Å²) in [5.74, 6) is 0.662. The van der Waals surface area contributed by atoms with Crippen LogP contribution < -0.4 is 21.1 Å². The molecule has 0 radical (unpaired) electrons. The molecule has 0 saturated heterocycles. The lowest BCUT2D eigenvalue weighted by molar-refractivity contribution is -0.122. The normalized spacial score (nSPS) is 12.1. The van der Waals surface area contributed by atoms with Crippen LogP contribution in [0.15, 0.2) is 48.9 Å². The van der Waals surface area contributed by atoms with E-state index in [1.165, 1.54) is 0 Å². The number of anilines is 1. The molecule has 0 saturated carbocycles. The number of nitrogens with one attached hydrogen (secondary N) is 3. The maximum absolute atomic E-state index is 12.1. The molecule has 1 atom stereocenters. The van der Waals surface area contributed by atoms with Gasteiger partial charge in [0.15, 0.2) is 0 Å². The number of ether oxygens (including phenoxy) is 1. The number of halogens is 1. The van der Waals surface area contributed by atoms with Crippen LogP contribution in [0.3, 0.4) is 0 Å². The molecule has 2 aromatic carbocycles. The van der Waals surface area contributed by atoms with Crippen molar-refractivity contribution in [2.24, 2.45) is 5.73 Å². The van der Waals surface area contributed by atoms with E-state index in [4.69, 9.17) is 27.1 Å². The van der Waals surface area contributed by atoms with Gasteiger partial charge in [-0.25, -0.2) is 9.97 Å². The fourth-order valence-corrected chi connectivity index (χ4v) is 4.27. The minimum atomic E-state index is -0.571. The maximum atomic E-state index is 12.1. The zero-order chi connectivity index (χ0) is 24.6. The van der Waals surface area contributed by atoms with Gasteiger partial charge in [0.1, 0.15) is 5.75 Å². The fourth-order valence-electron chi connectivity index (χ4n) is 4.10. The van der Waals surface area contributed by atoms with Crippen molar-refractivity contribution >= 4 is 45.0 Å². The lowest BCUT2D eigenvalue weighted by Gasteiger charge is -2.14. The Morgan fingerprint density at radius 2 is 1.91 bits per heavy atom. The van der Waals surface area contributed by atoms with Gasteiger partial charge in [-0.2, -0.15) is 0 Å². The number of benzene rings is 2. The molecule has 1 amide bonds. The van der Waals surface area contributed by atoms with Crippen molar-refractivity contribution in [2.75, 3.05) is 25.5 Å². The molecule has 4 rings (SSSR count). The van der Waals surface area contributed by atoms with Crippen molar-refractivity contribution in [1.82, 2.24) is 20.3 Å². The van der Waals surface area contributed by atoms with E-state index >= 15 is 0 Å². The Hall–Kier alpha value is -3.36. The molecule has 0 aliphatic heterocycles. The molecule has 5 N–H and O–H groups in total. The van der Waals surface area contributed by atoms with Gasteiger partial charge in [0.05, 0.1) is 36.2 Å². The second kappa shape index (κ2) is 11.9. The Morgan fingerprint density at radius 1 is 1.09 bits per heavy atom. The van der Waals surface area contributed by atoms with Crippen LogP contribution in [-0.4, -0.2) is 47.1 Å². The van der Waals surface area contributed by atoms with E-state index in [2.05, 4.69) is 20.6 Å². The van der Waals surface area contributed by atoms with Gasteiger partial charge in [0.2, 0.25) is 5.91 Å². The number of carbonyl (C=O) groups excluding carboxylic acids is 1. The maximum Gasteiger partial charge on any atom is 0.237 e. The van der Waals surface area contributed by atoms with Crippen LogP contribution in [0.5, 0.6) is 5.75 Å². The van der Waals surface area contributed by atoms with Gasteiger partial charge >= 0.3 is 0 Å². The second-order valence-electron chi connectivity index (χ2n) is 8.55. The highest BCUT2D eigenvalue weighted by Crippen LogP contribution is 2.34. The molecule has 0 spiro atoms. The first kappa shape index (κ1) is 24.8. The van der Waals surface area contributed by atoms with E-state index in [1.807, 2.05) is 36.4 Å². The smallest absolute Gasteiger partial charge is 0.237 e. The molecule has 2 heterocycles. The molecule has 0 aliphatic rings. The summed E-state index contributed by atoms with van der Waals surface area (Å²) in [4.78, 5) is 23.8. The van der Waals surface area contributed by atoms with Gasteiger partial charge in [0.25, 0.3) is 0 Å². The summed E-state index contributed by atoms with van der Waals surface area (Å²) in [6, 6.07) is 11.1. The molecule has 2 aromatic heterocycles. The van der Waals surface area contributed by atoms with Crippen LogP contribution >= 0.6 is 11.6 Å². The third-order valence-corrected chi connectivity index (χ3v) is 6.21. The van der Waals surface area contributed by atoms with E-state index in [0.29, 0.717) is 18.0 Å². The van der Waals surface area contributed by atoms with Gasteiger partial charge < -0.3 is 26.1 Å². The number of nitrogens with two attached hydrogens (primary N) is 1. The Bertz CT molecular complexity index is 1280. The number of fused-ring (bicyclic) bond motifs is 2. The second-order valence-corrected chi connectivity index (χ2v) is 8.99. The van der Waals surface area contributed by atoms with E-state index in [1.54, 1.807) is 19.6 Å². The number of aromatic amines is 1. The number of unbranched alkanes of at least 4 members (excludes halogenated alkanes) is 3. The van der Waals surface area contributed by atoms with Crippen molar-refractivity contribution in [3.63, 3.8) is 0 Å². The fraction of sp³-hybridized carbons (Fsp3) is 0.346. The van der Waals surface area contributed by atoms with E-state index in [-0.39, 0.29) is 5.91 Å². The number of carbonyl (C=O) groups is 1. The average Bonchev–Trinajstić information content (AvgIpc) is 3.37. The third kappa shape index (κ3) is 6.41. The Kier molecular flexibility index (Phi) is 8.39. The summed E-state index contributed by atoms with van der Waals surface area (Å²) < 4.78 is 5.43. The van der Waals surface area contributed by atoms with Crippen LogP contribution in [0.1, 0.15) is 31.4 Å². The topological polar surface area (TPSA) is 118 Å². The average molecular weight is 495 g/mol. The lowest BCUT2D eigenvalue weighted by atomic mass is 10.1. The molecule has 4 aromatic rings. The highest BCUT2D eigenvalue weighted by molar-refractivity contribution is 6.31. The molecule has 35 heavy (non-hydrogen) atoms. The number of H-pyrrole nitrogens is 1. The van der Waals surface area contributed by atoms with Gasteiger partial charge in [-0.15, -0.1) is 0 Å². The van der Waals surface area contributed by atoms with Crippen LogP contribution in [0.25, 0.3) is 21.8 Å². The van der Waals surface area contributed by atoms with Crippen molar-refractivity contribution in [2.45, 2.75) is 38.1 Å². The molecule has 184 valence electrons. The third-order valence-electron chi connectivity index (χ3n) is 5.98. The van der Waals surface area contributed by atoms with E-state index < -0.39 is 6.04 Å². The first-order valence-corrected chi connectivity index (χ1v) is 12.2. The number of hydrogen-bond acceptors (Lipinski definition) is 6. The summed E-state index contributed by atoms with van der Waals surface area (Å²) in [6.07, 6.45) is 7.73. The van der Waals surface area contributed by atoms with Crippen molar-refractivity contribution < 1.29 is 9.53 Å². The SMILES string of the molecule is COc1ccc2nc3cc(Cl)ccc3c(NCCCCCCNC(=O)[C@@H](N)Cc3cnc[nH]3)c2c1. The Balaban J connectivity index is 1.25. The summed E-state index contributed by atoms with van der Waals surface area (Å²) in [6.45, 7) is 1.46. The van der Waals surface area contributed by atoms with E-state index in [0.717, 1.165) is 71.2 Å². The van der Waals surface area contributed by atoms with Gasteiger partial charge in [-0.3, -0.25) is 4.79 Å². The molecule has 0 fully saturated rings. The van der Waals surface area contributed by atoms with Gasteiger partial charge in [-0.05, 0) is 49.2 Å². The van der Waals surface area contributed by atoms with Crippen LogP contribution in [-0.2, 0) is 11.2 Å². The van der Waals surface area contributed by atoms with Crippen LogP contribution in [0.4, 0.5) is 5.69 Å². The zero-order valence-corrected chi connectivity index (χ0v) is 20.6. The standard InChI is InChI=1S/C26H31ClN6O2/c1-35-19-7-9-23-21(14-19)25(20-8-6-17(27)12-24(20)33-23)30-10-4-2-3-5-11-31-26(34)22(28)13-18-15-29-16-32-18/h6-9,12,14-16,22H,2-5,10-11,13,28H2,1H3,(H,29,32)(H,30,33)(H,31,34)/t22-/m0/s1. The molecule has 0 bridgehead atoms. The number of nitrogens with zero attached hydrogens (tertiary/aromatic N) is 2. The quantitative estimate of drug-likeness (QED) is 0.171. The molecule has 0 aliphatic carbocycles. The van der Waals surface area contributed by atoms with Crippen LogP contribution in [0, 0.1) is 0 Å². The van der Waals surface area contributed by atoms with Crippen molar-refractivity contribution in [3.05, 3.63) is 59.6 Å². The number of amides is 1. The Labute approximate surface area is 209 Å². The monoisotopic (exact) mass is 494 g/mol. The predicted octanol–water partition coefficient (Wildman–Crippen LogP) is 4.43. The number of pyridine rings is 1. The number of methoxy groups -OCH3 is 1. The minimum absolute atomic E-state index is 0.131. The van der Waals surface area contributed by atoms with Crippen molar-refractivity contribution in [1.29, 1.82) is 0 Å². The zero-order valence-electron chi connectivity index (χ0n) is 19.8. The van der Waals surface area contributed by atoms with Crippen molar-refractivity contribution in [3.8, 4) is 5.75 Å². The van der Waals surface area contributed by atoms with Gasteiger partial charge in [-0.1, -0.05) is 24.4 Å². The Morgan fingerprint density at radius 3 is 2.69 bits per heavy atom. The number of imidazole rings is 1. The summed E-state index contributed by atoms with van der Waals surface area (Å²) in [5.41, 5.74) is 9.61. The highest BCUT2D eigenvalue weighted by atomic mass is 35.5. The minimum Gasteiger partial charge on any atom is -0.497 e. The number of aromatic nitrogens is 3. The lowest BCUT2D eigenvalue weighted by Crippen LogP contribution is -2.42. The molecule has 9 heteroatoms. The predicted molar refractivity (Wildman–Crippen MR) is 141 cm³/mol. The molecule has 8 nitrogen and oxygen atoms in total. The molecular weight excluding hydrogens is 464 g/mol. The molecule has 0 unspecified atom stereocenters. The summed E-state index contributed by atoms with van der Waals surface area (Å²) >= 11 is 6.21. The van der Waals surface area contributed by atoms with Gasteiger partial charge in [0, 0.05) is 47.2 Å². The molecular formula is C26H31ClN6O2. The summed E-state index contributed by atoms with van der Waals surface area (Å²) in [7, 11) is 1.66. The van der Waals surface area contributed by atoms with E-state index in [9.17, 15) is 4.79 Å². The first-order chi connectivity index (χ1) is 17.0. The largest absolute Gasteiger partial charge is 0.497 e. The summed E-state index contributed by atoms with van der Waals surface area (Å²) in [5, 5.41) is 9.26. The number of rotatable bonds is 12. The first-order valence-electron chi connectivity index (χ1n) is 11.9.